The number of nitrogens with zero attached hydrogens (tertiary/aromatic N) is 1. The first-order valence-corrected chi connectivity index (χ1v) is 9.93. The average molecular weight is 451 g/mol. The molecule has 160 valence electrons. The van der Waals surface area contributed by atoms with Crippen LogP contribution in [0.15, 0.2) is 78.4 Å². The molecular weight excluding hydrogens is 435 g/mol. The van der Waals surface area contributed by atoms with Gasteiger partial charge in [-0.3, -0.25) is 14.9 Å². The van der Waals surface area contributed by atoms with E-state index in [4.69, 9.17) is 16.3 Å². The third-order valence-electron chi connectivity index (χ3n) is 4.70. The number of barbiturate groups is 1. The molecule has 1 fully saturated rings. The Morgan fingerprint density at radius 3 is 2.22 bits per heavy atom. The molecule has 3 aromatic rings. The summed E-state index contributed by atoms with van der Waals surface area (Å²) >= 11 is 5.87. The van der Waals surface area contributed by atoms with Crippen molar-refractivity contribution in [3.05, 3.63) is 100 Å². The van der Waals surface area contributed by atoms with Crippen molar-refractivity contribution in [2.24, 2.45) is 0 Å². The van der Waals surface area contributed by atoms with Gasteiger partial charge in [-0.1, -0.05) is 35.9 Å². The maximum Gasteiger partial charge on any atom is 0.335 e. The van der Waals surface area contributed by atoms with Crippen molar-refractivity contribution in [2.45, 2.75) is 6.61 Å². The molecule has 0 unspecified atom stereocenters. The lowest BCUT2D eigenvalue weighted by atomic mass is 10.1. The highest BCUT2D eigenvalue weighted by Gasteiger charge is 2.36. The largest absolute Gasteiger partial charge is 0.489 e. The standard InChI is InChI=1S/C24H16ClFN2O4/c25-17-5-1-16(2-6-17)14-32-20-11-3-15(4-12-20)13-21-22(29)27-24(31)28(23(21)30)19-9-7-18(26)8-10-19/h1-13H,14H2,(H,27,29,31)/b21-13+. The Morgan fingerprint density at radius 1 is 0.906 bits per heavy atom. The molecule has 1 N–H and O–H groups in total. The third-order valence-corrected chi connectivity index (χ3v) is 4.95. The highest BCUT2D eigenvalue weighted by Crippen LogP contribution is 2.23. The lowest BCUT2D eigenvalue weighted by Gasteiger charge is -2.26. The highest BCUT2D eigenvalue weighted by atomic mass is 35.5. The number of urea groups is 1. The van der Waals surface area contributed by atoms with Crippen LogP contribution in [-0.2, 0) is 16.2 Å². The molecule has 1 heterocycles. The topological polar surface area (TPSA) is 75.7 Å². The third kappa shape index (κ3) is 4.68. The number of hydrogen-bond donors (Lipinski definition) is 1. The van der Waals surface area contributed by atoms with Gasteiger partial charge in [0.25, 0.3) is 11.8 Å². The van der Waals surface area contributed by atoms with Crippen molar-refractivity contribution < 1.29 is 23.5 Å². The molecule has 1 aliphatic rings. The van der Waals surface area contributed by atoms with Gasteiger partial charge in [0.2, 0.25) is 0 Å². The van der Waals surface area contributed by atoms with Gasteiger partial charge in [-0.05, 0) is 65.7 Å². The average Bonchev–Trinajstić information content (AvgIpc) is 2.78. The zero-order valence-corrected chi connectivity index (χ0v) is 17.3. The Balaban J connectivity index is 1.50. The van der Waals surface area contributed by atoms with Gasteiger partial charge < -0.3 is 4.74 Å². The minimum Gasteiger partial charge on any atom is -0.489 e. The molecule has 0 atom stereocenters. The van der Waals surface area contributed by atoms with E-state index in [1.54, 1.807) is 36.4 Å². The Bertz CT molecular complexity index is 1210. The Kier molecular flexibility index (Phi) is 6.00. The van der Waals surface area contributed by atoms with Gasteiger partial charge in [-0.25, -0.2) is 14.1 Å². The van der Waals surface area contributed by atoms with E-state index in [9.17, 15) is 18.8 Å². The summed E-state index contributed by atoms with van der Waals surface area (Å²) in [5, 5.41) is 2.77. The van der Waals surface area contributed by atoms with Crippen LogP contribution in [0.3, 0.4) is 0 Å². The van der Waals surface area contributed by atoms with Crippen LogP contribution < -0.4 is 15.0 Å². The molecule has 0 saturated carbocycles. The van der Waals surface area contributed by atoms with E-state index < -0.39 is 23.7 Å². The van der Waals surface area contributed by atoms with Crippen molar-refractivity contribution >= 4 is 41.2 Å². The summed E-state index contributed by atoms with van der Waals surface area (Å²) in [5.74, 6) is -1.51. The molecule has 6 nitrogen and oxygen atoms in total. The molecule has 4 amide bonds. The van der Waals surface area contributed by atoms with E-state index in [-0.39, 0.29) is 11.3 Å². The van der Waals surface area contributed by atoms with Gasteiger partial charge in [0.1, 0.15) is 23.7 Å². The first-order valence-electron chi connectivity index (χ1n) is 9.55. The van der Waals surface area contributed by atoms with E-state index >= 15 is 0 Å². The molecule has 1 aliphatic heterocycles. The van der Waals surface area contributed by atoms with E-state index in [0.29, 0.717) is 22.9 Å². The molecule has 0 aromatic heterocycles. The van der Waals surface area contributed by atoms with Crippen LogP contribution in [0.5, 0.6) is 5.75 Å². The maximum atomic E-state index is 13.2. The predicted molar refractivity (Wildman–Crippen MR) is 118 cm³/mol. The monoisotopic (exact) mass is 450 g/mol. The Labute approximate surface area is 187 Å². The quantitative estimate of drug-likeness (QED) is 0.450. The zero-order chi connectivity index (χ0) is 22.7. The smallest absolute Gasteiger partial charge is 0.335 e. The molecule has 0 bridgehead atoms. The summed E-state index contributed by atoms with van der Waals surface area (Å²) in [5.41, 5.74) is 1.45. The SMILES string of the molecule is O=C1NC(=O)N(c2ccc(F)cc2)C(=O)/C1=C/c1ccc(OCc2ccc(Cl)cc2)cc1. The van der Waals surface area contributed by atoms with Gasteiger partial charge >= 0.3 is 6.03 Å². The van der Waals surface area contributed by atoms with Crippen LogP contribution in [0.4, 0.5) is 14.9 Å². The van der Waals surface area contributed by atoms with Crippen LogP contribution in [0.2, 0.25) is 5.02 Å². The number of nitrogens with one attached hydrogen (secondary N) is 1. The number of halogens is 2. The molecule has 1 saturated heterocycles. The number of hydrogen-bond acceptors (Lipinski definition) is 4. The molecular formula is C24H16ClFN2O4. The van der Waals surface area contributed by atoms with Crippen molar-refractivity contribution in [1.82, 2.24) is 5.32 Å². The first-order chi connectivity index (χ1) is 15.4. The minimum absolute atomic E-state index is 0.151. The van der Waals surface area contributed by atoms with Crippen LogP contribution >= 0.6 is 11.6 Å². The second-order valence-corrected chi connectivity index (χ2v) is 7.35. The molecule has 4 rings (SSSR count). The number of ether oxygens (including phenoxy) is 1. The number of anilines is 1. The predicted octanol–water partition coefficient (Wildman–Crippen LogP) is 4.72. The fraction of sp³-hybridized carbons (Fsp3) is 0.0417. The van der Waals surface area contributed by atoms with E-state index in [0.717, 1.165) is 22.6 Å². The molecule has 0 aliphatic carbocycles. The van der Waals surface area contributed by atoms with Gasteiger partial charge in [-0.15, -0.1) is 0 Å². The van der Waals surface area contributed by atoms with Gasteiger partial charge in [-0.2, -0.15) is 0 Å². The molecule has 8 heteroatoms. The summed E-state index contributed by atoms with van der Waals surface area (Å²) in [6, 6.07) is 18.0. The lowest BCUT2D eigenvalue weighted by molar-refractivity contribution is -0.122. The zero-order valence-electron chi connectivity index (χ0n) is 16.5. The molecule has 32 heavy (non-hydrogen) atoms. The van der Waals surface area contributed by atoms with Crippen molar-refractivity contribution in [3.63, 3.8) is 0 Å². The van der Waals surface area contributed by atoms with Crippen LogP contribution in [0.25, 0.3) is 6.08 Å². The van der Waals surface area contributed by atoms with E-state index in [1.165, 1.54) is 18.2 Å². The van der Waals surface area contributed by atoms with Crippen molar-refractivity contribution in [3.8, 4) is 5.75 Å². The summed E-state index contributed by atoms with van der Waals surface area (Å²) in [7, 11) is 0. The van der Waals surface area contributed by atoms with Crippen molar-refractivity contribution in [1.29, 1.82) is 0 Å². The number of rotatable bonds is 5. The van der Waals surface area contributed by atoms with Gasteiger partial charge in [0.15, 0.2) is 0 Å². The number of benzene rings is 3. The summed E-state index contributed by atoms with van der Waals surface area (Å²) < 4.78 is 18.9. The highest BCUT2D eigenvalue weighted by molar-refractivity contribution is 6.39. The fourth-order valence-corrected chi connectivity index (χ4v) is 3.18. The van der Waals surface area contributed by atoms with Gasteiger partial charge in [0, 0.05) is 5.02 Å². The van der Waals surface area contributed by atoms with E-state index in [1.807, 2.05) is 12.1 Å². The maximum absolute atomic E-state index is 13.2. The summed E-state index contributed by atoms with van der Waals surface area (Å²) in [4.78, 5) is 38.1. The van der Waals surface area contributed by atoms with Gasteiger partial charge in [0.05, 0.1) is 5.69 Å². The number of carbonyl (C=O) groups is 3. The summed E-state index contributed by atoms with van der Waals surface area (Å²) in [6.07, 6.45) is 1.38. The Morgan fingerprint density at radius 2 is 1.56 bits per heavy atom. The second-order valence-electron chi connectivity index (χ2n) is 6.92. The lowest BCUT2D eigenvalue weighted by Crippen LogP contribution is -2.54. The van der Waals surface area contributed by atoms with Crippen LogP contribution in [0.1, 0.15) is 11.1 Å². The second kappa shape index (κ2) is 9.03. The first kappa shape index (κ1) is 21.3. The molecule has 0 spiro atoms. The molecule has 0 radical (unpaired) electrons. The van der Waals surface area contributed by atoms with Crippen molar-refractivity contribution in [2.75, 3.05) is 4.90 Å². The number of amides is 4. The van der Waals surface area contributed by atoms with E-state index in [2.05, 4.69) is 5.32 Å². The van der Waals surface area contributed by atoms with Crippen LogP contribution in [0, 0.1) is 5.82 Å². The Hall–Kier alpha value is -3.97. The number of carbonyl (C=O) groups excluding carboxylic acids is 3. The normalized spacial score (nSPS) is 15.1. The molecule has 3 aromatic carbocycles. The number of imide groups is 2. The van der Waals surface area contributed by atoms with Crippen LogP contribution in [-0.4, -0.2) is 17.8 Å². The fourth-order valence-electron chi connectivity index (χ4n) is 3.06. The summed E-state index contributed by atoms with van der Waals surface area (Å²) in [6.45, 7) is 0.354. The minimum atomic E-state index is -0.894.